The van der Waals surface area contributed by atoms with E-state index in [0.717, 1.165) is 0 Å². The first-order chi connectivity index (χ1) is 16.7. The Morgan fingerprint density at radius 1 is 1.08 bits per heavy atom. The van der Waals surface area contributed by atoms with E-state index in [2.05, 4.69) is 15.3 Å². The molecule has 0 bridgehead atoms. The lowest BCUT2D eigenvalue weighted by atomic mass is 9.97. The highest BCUT2D eigenvalue weighted by Crippen LogP contribution is 2.40. The van der Waals surface area contributed by atoms with E-state index in [0.29, 0.717) is 35.9 Å². The number of hydrogen-bond acceptors (Lipinski definition) is 6. The van der Waals surface area contributed by atoms with Crippen molar-refractivity contribution >= 4 is 23.3 Å². The number of piperidine rings is 1. The van der Waals surface area contributed by atoms with Gasteiger partial charge in [0.2, 0.25) is 0 Å². The normalized spacial score (nSPS) is 18.8. The molecule has 2 aliphatic rings. The number of halogens is 2. The van der Waals surface area contributed by atoms with Gasteiger partial charge in [0.25, 0.3) is 17.7 Å². The van der Waals surface area contributed by atoms with Crippen molar-refractivity contribution in [2.45, 2.75) is 59.0 Å². The fourth-order valence-corrected chi connectivity index (χ4v) is 4.20. The summed E-state index contributed by atoms with van der Waals surface area (Å²) >= 11 is 0. The first-order valence-electron chi connectivity index (χ1n) is 12.1. The summed E-state index contributed by atoms with van der Waals surface area (Å²) in [6, 6.07) is 3.36. The van der Waals surface area contributed by atoms with Gasteiger partial charge in [-0.25, -0.2) is 13.8 Å². The van der Waals surface area contributed by atoms with E-state index in [-0.39, 0.29) is 48.7 Å². The Bertz CT molecular complexity index is 1150. The molecule has 0 atom stereocenters. The summed E-state index contributed by atoms with van der Waals surface area (Å²) in [4.78, 5) is 37.8. The third-order valence-corrected chi connectivity index (χ3v) is 6.12. The second-order valence-electron chi connectivity index (χ2n) is 11.3. The molecule has 1 N–H and O–H groups in total. The van der Waals surface area contributed by atoms with Gasteiger partial charge in [-0.05, 0) is 31.4 Å². The van der Waals surface area contributed by atoms with Crippen molar-refractivity contribution in [3.63, 3.8) is 0 Å². The molecule has 0 radical (unpaired) electrons. The number of nitrogens with one attached hydrogen (secondary N) is 1. The van der Waals surface area contributed by atoms with Crippen LogP contribution in [0.4, 0.5) is 20.3 Å². The van der Waals surface area contributed by atoms with Gasteiger partial charge in [-0.1, -0.05) is 20.8 Å². The number of carbonyl (C=O) groups is 2. The minimum atomic E-state index is -2.73. The molecule has 194 valence electrons. The highest BCUT2D eigenvalue weighted by molar-refractivity contribution is 5.96. The van der Waals surface area contributed by atoms with E-state index < -0.39 is 11.5 Å². The van der Waals surface area contributed by atoms with Crippen molar-refractivity contribution < 1.29 is 23.1 Å². The molecule has 0 aromatic carbocycles. The van der Waals surface area contributed by atoms with Crippen LogP contribution in [0.5, 0.6) is 5.75 Å². The number of pyridine rings is 2. The molecule has 0 saturated carbocycles. The first-order valence-corrected chi connectivity index (χ1v) is 12.1. The van der Waals surface area contributed by atoms with Crippen LogP contribution in [-0.4, -0.2) is 64.4 Å². The van der Waals surface area contributed by atoms with Crippen LogP contribution in [0.25, 0.3) is 0 Å². The maximum absolute atomic E-state index is 13.5. The van der Waals surface area contributed by atoms with Crippen LogP contribution in [0.1, 0.15) is 68.2 Å². The molecule has 2 aliphatic heterocycles. The number of amides is 2. The van der Waals surface area contributed by atoms with Crippen molar-refractivity contribution in [2.24, 2.45) is 5.41 Å². The minimum Gasteiger partial charge on any atom is -0.482 e. The summed E-state index contributed by atoms with van der Waals surface area (Å²) < 4.78 is 33.2. The van der Waals surface area contributed by atoms with Crippen LogP contribution in [0.15, 0.2) is 30.7 Å². The molecule has 2 aromatic heterocycles. The quantitative estimate of drug-likeness (QED) is 0.667. The summed E-state index contributed by atoms with van der Waals surface area (Å²) in [6.45, 7) is 10.9. The lowest BCUT2D eigenvalue weighted by molar-refractivity contribution is -0.0494. The zero-order valence-electron chi connectivity index (χ0n) is 21.4. The Kier molecular flexibility index (Phi) is 6.66. The predicted molar refractivity (Wildman–Crippen MR) is 132 cm³/mol. The van der Waals surface area contributed by atoms with E-state index in [1.165, 1.54) is 17.3 Å². The van der Waals surface area contributed by atoms with Crippen molar-refractivity contribution in [1.82, 2.24) is 20.2 Å². The molecule has 0 aliphatic carbocycles. The van der Waals surface area contributed by atoms with Crippen LogP contribution in [-0.2, 0) is 0 Å². The summed E-state index contributed by atoms with van der Waals surface area (Å²) in [5.74, 6) is -2.40. The SMILES string of the molecule is CC(C)(C)CNC(=O)c1cncc(N2CC(C)(C)Oc3cc(C(=O)N4CCC(F)(F)CC4)cnc32)c1. The minimum absolute atomic E-state index is 0.00284. The molecule has 2 aromatic rings. The first kappa shape index (κ1) is 25.8. The standard InChI is InChI=1S/C26H33F2N5O3/c1-24(2,3)15-31-22(34)17-10-19(14-29-12-17)33-16-25(4,5)36-20-11-18(13-30-21(20)33)23(35)32-8-6-26(27,28)7-9-32/h10-14H,6-9,15-16H2,1-5H3,(H,31,34). The molecule has 1 saturated heterocycles. The van der Waals surface area contributed by atoms with Gasteiger partial charge in [0, 0.05) is 44.9 Å². The highest BCUT2D eigenvalue weighted by Gasteiger charge is 2.37. The third-order valence-electron chi connectivity index (χ3n) is 6.12. The number of rotatable bonds is 4. The zero-order chi connectivity index (χ0) is 26.3. The maximum Gasteiger partial charge on any atom is 0.255 e. The average Bonchev–Trinajstić information content (AvgIpc) is 2.80. The number of carbonyl (C=O) groups excluding carboxylic acids is 2. The maximum atomic E-state index is 13.5. The molecule has 10 heteroatoms. The van der Waals surface area contributed by atoms with Gasteiger partial charge >= 0.3 is 0 Å². The van der Waals surface area contributed by atoms with Gasteiger partial charge in [-0.3, -0.25) is 14.6 Å². The Hall–Kier alpha value is -3.30. The predicted octanol–water partition coefficient (Wildman–Crippen LogP) is 4.43. The largest absolute Gasteiger partial charge is 0.482 e. The number of likely N-dealkylation sites (tertiary alicyclic amines) is 1. The van der Waals surface area contributed by atoms with Gasteiger partial charge < -0.3 is 19.9 Å². The third kappa shape index (κ3) is 5.91. The number of anilines is 2. The zero-order valence-corrected chi connectivity index (χ0v) is 21.4. The van der Waals surface area contributed by atoms with Crippen molar-refractivity contribution in [1.29, 1.82) is 0 Å². The van der Waals surface area contributed by atoms with Crippen LogP contribution in [0.3, 0.4) is 0 Å². The monoisotopic (exact) mass is 501 g/mol. The highest BCUT2D eigenvalue weighted by atomic mass is 19.3. The van der Waals surface area contributed by atoms with Gasteiger partial charge in [0.15, 0.2) is 11.6 Å². The molecule has 1 fully saturated rings. The molecule has 4 heterocycles. The Morgan fingerprint density at radius 3 is 2.44 bits per heavy atom. The number of fused-ring (bicyclic) bond motifs is 1. The van der Waals surface area contributed by atoms with Crippen LogP contribution in [0.2, 0.25) is 0 Å². The lowest BCUT2D eigenvalue weighted by Crippen LogP contribution is -2.46. The topological polar surface area (TPSA) is 87.7 Å². The number of ether oxygens (including phenoxy) is 1. The summed E-state index contributed by atoms with van der Waals surface area (Å²) in [7, 11) is 0. The molecule has 36 heavy (non-hydrogen) atoms. The van der Waals surface area contributed by atoms with Crippen LogP contribution >= 0.6 is 0 Å². The Morgan fingerprint density at radius 2 is 1.78 bits per heavy atom. The summed E-state index contributed by atoms with van der Waals surface area (Å²) in [5.41, 5.74) is 0.693. The van der Waals surface area contributed by atoms with Crippen LogP contribution in [0, 0.1) is 5.41 Å². The van der Waals surface area contributed by atoms with Crippen molar-refractivity contribution in [3.05, 3.63) is 41.9 Å². The van der Waals surface area contributed by atoms with Crippen molar-refractivity contribution in [3.8, 4) is 5.75 Å². The molecule has 4 rings (SSSR count). The fraction of sp³-hybridized carbons (Fsp3) is 0.538. The van der Waals surface area contributed by atoms with E-state index in [9.17, 15) is 18.4 Å². The molecule has 2 amide bonds. The number of hydrogen-bond donors (Lipinski definition) is 1. The number of alkyl halides is 2. The Labute approximate surface area is 210 Å². The fourth-order valence-electron chi connectivity index (χ4n) is 4.20. The van der Waals surface area contributed by atoms with Gasteiger partial charge in [0.1, 0.15) is 5.60 Å². The van der Waals surface area contributed by atoms with E-state index in [1.54, 1.807) is 18.3 Å². The molecule has 8 nitrogen and oxygen atoms in total. The van der Waals surface area contributed by atoms with E-state index in [1.807, 2.05) is 39.5 Å². The van der Waals surface area contributed by atoms with Gasteiger partial charge in [-0.15, -0.1) is 0 Å². The lowest BCUT2D eigenvalue weighted by Gasteiger charge is -2.40. The smallest absolute Gasteiger partial charge is 0.255 e. The molecule has 0 spiro atoms. The Balaban J connectivity index is 1.59. The van der Waals surface area contributed by atoms with Gasteiger partial charge in [-0.2, -0.15) is 0 Å². The van der Waals surface area contributed by atoms with E-state index >= 15 is 0 Å². The van der Waals surface area contributed by atoms with Crippen molar-refractivity contribution in [2.75, 3.05) is 31.1 Å². The van der Waals surface area contributed by atoms with Crippen LogP contribution < -0.4 is 15.0 Å². The summed E-state index contributed by atoms with van der Waals surface area (Å²) in [6.07, 6.45) is 3.92. The van der Waals surface area contributed by atoms with E-state index in [4.69, 9.17) is 4.74 Å². The average molecular weight is 502 g/mol. The van der Waals surface area contributed by atoms with Gasteiger partial charge in [0.05, 0.1) is 29.6 Å². The number of nitrogens with zero attached hydrogens (tertiary/aromatic N) is 4. The molecular weight excluding hydrogens is 468 g/mol. The second-order valence-corrected chi connectivity index (χ2v) is 11.3. The summed E-state index contributed by atoms with van der Waals surface area (Å²) in [5, 5.41) is 2.93. The second kappa shape index (κ2) is 9.29. The number of aromatic nitrogens is 2. The molecule has 0 unspecified atom stereocenters. The molecular formula is C26H33F2N5O3.